The number of allylic oxidation sites excluding steroid dienone is 2. The number of rotatable bonds is 5. The van der Waals surface area contributed by atoms with Gasteiger partial charge in [0.25, 0.3) is 0 Å². The highest BCUT2D eigenvalue weighted by atomic mass is 16.6. The third-order valence-electron chi connectivity index (χ3n) is 2.53. The monoisotopic (exact) mass is 310 g/mol. The number of nitrogens with zero attached hydrogens (tertiary/aromatic N) is 1. The van der Waals surface area contributed by atoms with Gasteiger partial charge in [0, 0.05) is 14.1 Å². The van der Waals surface area contributed by atoms with Crippen LogP contribution in [0, 0.1) is 5.92 Å². The largest absolute Gasteiger partial charge is 0.458 e. The molecular formula is C17H30N2O3. The van der Waals surface area contributed by atoms with Gasteiger partial charge in [-0.1, -0.05) is 32.1 Å². The number of carbonyl (C=O) groups excluding carboxylic acids is 2. The zero-order chi connectivity index (χ0) is 17.5. The standard InChI is InChI=1S/C17H30N2O3/c1-9-10-13(11-12(2)3)14(18-16(21)19(7)8)15(20)22-17(4,5)6/h9-12,14H,1-8H3,(H,18,21). The van der Waals surface area contributed by atoms with Crippen LogP contribution in [0.4, 0.5) is 4.79 Å². The van der Waals surface area contributed by atoms with Gasteiger partial charge in [0.2, 0.25) is 0 Å². The van der Waals surface area contributed by atoms with Crippen molar-refractivity contribution in [2.75, 3.05) is 14.1 Å². The van der Waals surface area contributed by atoms with E-state index in [-0.39, 0.29) is 11.9 Å². The lowest BCUT2D eigenvalue weighted by molar-refractivity contribution is -0.156. The minimum absolute atomic E-state index is 0.243. The molecule has 5 nitrogen and oxygen atoms in total. The Balaban J connectivity index is 5.56. The van der Waals surface area contributed by atoms with Crippen molar-refractivity contribution in [1.82, 2.24) is 10.2 Å². The van der Waals surface area contributed by atoms with Gasteiger partial charge < -0.3 is 15.0 Å². The molecule has 0 fully saturated rings. The summed E-state index contributed by atoms with van der Waals surface area (Å²) in [4.78, 5) is 25.8. The summed E-state index contributed by atoms with van der Waals surface area (Å²) >= 11 is 0. The number of nitrogens with one attached hydrogen (secondary N) is 1. The maximum Gasteiger partial charge on any atom is 0.333 e. The fourth-order valence-electron chi connectivity index (χ4n) is 1.72. The molecule has 0 aromatic heterocycles. The van der Waals surface area contributed by atoms with Crippen molar-refractivity contribution >= 4 is 12.0 Å². The third-order valence-corrected chi connectivity index (χ3v) is 2.53. The van der Waals surface area contributed by atoms with Crippen LogP contribution in [0.25, 0.3) is 0 Å². The summed E-state index contributed by atoms with van der Waals surface area (Å²) in [5.41, 5.74) is 0.110. The smallest absolute Gasteiger partial charge is 0.333 e. The van der Waals surface area contributed by atoms with Gasteiger partial charge in [-0.25, -0.2) is 9.59 Å². The maximum atomic E-state index is 12.5. The molecule has 0 heterocycles. The van der Waals surface area contributed by atoms with Gasteiger partial charge in [-0.15, -0.1) is 0 Å². The SMILES string of the molecule is CC=CC(=CC(C)C)C(NC(=O)N(C)C)C(=O)OC(C)(C)C. The lowest BCUT2D eigenvalue weighted by Crippen LogP contribution is -2.48. The molecule has 22 heavy (non-hydrogen) atoms. The predicted octanol–water partition coefficient (Wildman–Crippen LogP) is 3.13. The highest BCUT2D eigenvalue weighted by Crippen LogP contribution is 2.15. The number of amides is 2. The summed E-state index contributed by atoms with van der Waals surface area (Å²) in [6, 6.07) is -1.16. The van der Waals surface area contributed by atoms with Crippen LogP contribution in [0.3, 0.4) is 0 Å². The highest BCUT2D eigenvalue weighted by molar-refractivity contribution is 5.87. The Hall–Kier alpha value is -1.78. The van der Waals surface area contributed by atoms with E-state index in [4.69, 9.17) is 4.74 Å². The normalized spacial score (nSPS) is 14.1. The van der Waals surface area contributed by atoms with E-state index in [1.807, 2.05) is 39.0 Å². The average molecular weight is 310 g/mol. The van der Waals surface area contributed by atoms with Crippen molar-refractivity contribution in [2.24, 2.45) is 5.92 Å². The second-order valence-corrected chi connectivity index (χ2v) is 6.72. The number of carbonyl (C=O) groups is 2. The Morgan fingerprint density at radius 3 is 2.09 bits per heavy atom. The first-order valence-corrected chi connectivity index (χ1v) is 7.53. The van der Waals surface area contributed by atoms with Crippen molar-refractivity contribution < 1.29 is 14.3 Å². The van der Waals surface area contributed by atoms with E-state index in [0.717, 1.165) is 5.57 Å². The molecule has 0 aliphatic heterocycles. The van der Waals surface area contributed by atoms with Crippen molar-refractivity contribution in [2.45, 2.75) is 53.2 Å². The van der Waals surface area contributed by atoms with Crippen LogP contribution in [-0.2, 0) is 9.53 Å². The van der Waals surface area contributed by atoms with E-state index in [1.165, 1.54) is 4.90 Å². The van der Waals surface area contributed by atoms with E-state index >= 15 is 0 Å². The number of hydrogen-bond acceptors (Lipinski definition) is 3. The van der Waals surface area contributed by atoms with E-state index in [0.29, 0.717) is 0 Å². The molecule has 1 unspecified atom stereocenters. The molecule has 0 radical (unpaired) electrons. The van der Waals surface area contributed by atoms with Gasteiger partial charge in [0.1, 0.15) is 5.60 Å². The minimum atomic E-state index is -0.826. The number of urea groups is 1. The van der Waals surface area contributed by atoms with E-state index in [9.17, 15) is 9.59 Å². The van der Waals surface area contributed by atoms with Crippen molar-refractivity contribution in [3.05, 3.63) is 23.8 Å². The molecule has 0 aliphatic carbocycles. The Morgan fingerprint density at radius 2 is 1.73 bits per heavy atom. The molecule has 0 aromatic carbocycles. The lowest BCUT2D eigenvalue weighted by Gasteiger charge is -2.26. The van der Waals surface area contributed by atoms with Gasteiger partial charge in [0.05, 0.1) is 0 Å². The van der Waals surface area contributed by atoms with Crippen LogP contribution < -0.4 is 5.32 Å². The van der Waals surface area contributed by atoms with Gasteiger partial charge in [-0.2, -0.15) is 0 Å². The molecule has 0 spiro atoms. The fraction of sp³-hybridized carbons (Fsp3) is 0.647. The number of esters is 1. The molecule has 0 bridgehead atoms. The Morgan fingerprint density at radius 1 is 1.18 bits per heavy atom. The quantitative estimate of drug-likeness (QED) is 0.627. The summed E-state index contributed by atoms with van der Waals surface area (Å²) in [7, 11) is 3.26. The second-order valence-electron chi connectivity index (χ2n) is 6.72. The molecule has 1 atom stereocenters. The van der Waals surface area contributed by atoms with Gasteiger partial charge in [-0.3, -0.25) is 0 Å². The first-order chi connectivity index (χ1) is 9.97. The summed E-state index contributed by atoms with van der Waals surface area (Å²) in [5.74, 6) is -0.222. The molecule has 126 valence electrons. The van der Waals surface area contributed by atoms with E-state index < -0.39 is 17.6 Å². The van der Waals surface area contributed by atoms with Gasteiger partial charge in [0.15, 0.2) is 6.04 Å². The Labute approximate surface area is 134 Å². The van der Waals surface area contributed by atoms with Crippen LogP contribution in [0.2, 0.25) is 0 Å². The predicted molar refractivity (Wildman–Crippen MR) is 89.6 cm³/mol. The molecule has 2 amide bonds. The van der Waals surface area contributed by atoms with Crippen LogP contribution in [0.1, 0.15) is 41.5 Å². The molecule has 0 saturated heterocycles. The van der Waals surface area contributed by atoms with Crippen LogP contribution in [0.5, 0.6) is 0 Å². The minimum Gasteiger partial charge on any atom is -0.458 e. The van der Waals surface area contributed by atoms with Gasteiger partial charge in [-0.05, 0) is 39.2 Å². The van der Waals surface area contributed by atoms with Crippen LogP contribution >= 0.6 is 0 Å². The summed E-state index contributed by atoms with van der Waals surface area (Å²) in [6.07, 6.45) is 5.61. The maximum absolute atomic E-state index is 12.5. The summed E-state index contributed by atoms with van der Waals surface area (Å²) in [5, 5.41) is 2.72. The molecule has 0 saturated carbocycles. The van der Waals surface area contributed by atoms with Crippen LogP contribution in [-0.4, -0.2) is 42.6 Å². The first-order valence-electron chi connectivity index (χ1n) is 7.53. The Kier molecular flexibility index (Phi) is 7.91. The molecule has 0 rings (SSSR count). The van der Waals surface area contributed by atoms with Crippen molar-refractivity contribution in [3.63, 3.8) is 0 Å². The highest BCUT2D eigenvalue weighted by Gasteiger charge is 2.29. The summed E-state index contributed by atoms with van der Waals surface area (Å²) < 4.78 is 5.44. The molecule has 0 aliphatic rings. The lowest BCUT2D eigenvalue weighted by atomic mass is 10.0. The molecule has 0 aromatic rings. The fourth-order valence-corrected chi connectivity index (χ4v) is 1.72. The summed E-state index contributed by atoms with van der Waals surface area (Å²) in [6.45, 7) is 11.3. The van der Waals surface area contributed by atoms with E-state index in [2.05, 4.69) is 5.32 Å². The van der Waals surface area contributed by atoms with Crippen molar-refractivity contribution in [3.8, 4) is 0 Å². The average Bonchev–Trinajstić information content (AvgIpc) is 2.32. The Bertz CT molecular complexity index is 443. The number of ether oxygens (including phenoxy) is 1. The van der Waals surface area contributed by atoms with E-state index in [1.54, 1.807) is 34.9 Å². The molecule has 1 N–H and O–H groups in total. The third kappa shape index (κ3) is 7.86. The zero-order valence-electron chi connectivity index (χ0n) is 15.1. The molecule has 5 heteroatoms. The second kappa shape index (κ2) is 8.61. The van der Waals surface area contributed by atoms with Crippen LogP contribution in [0.15, 0.2) is 23.8 Å². The zero-order valence-corrected chi connectivity index (χ0v) is 15.1. The van der Waals surface area contributed by atoms with Crippen molar-refractivity contribution in [1.29, 1.82) is 0 Å². The van der Waals surface area contributed by atoms with Gasteiger partial charge >= 0.3 is 12.0 Å². The molecular weight excluding hydrogens is 280 g/mol. The number of hydrogen-bond donors (Lipinski definition) is 1. The first kappa shape index (κ1) is 20.2. The topological polar surface area (TPSA) is 58.6 Å².